The molecule has 8 heteroatoms. The van der Waals surface area contributed by atoms with Gasteiger partial charge in [-0.2, -0.15) is 4.37 Å². The van der Waals surface area contributed by atoms with Crippen LogP contribution < -0.4 is 4.72 Å². The fourth-order valence-corrected chi connectivity index (χ4v) is 2.94. The maximum absolute atomic E-state index is 11.8. The van der Waals surface area contributed by atoms with Crippen molar-refractivity contribution in [1.82, 2.24) is 9.36 Å². The average molecular weight is 273 g/mol. The van der Waals surface area contributed by atoms with Crippen molar-refractivity contribution in [2.75, 3.05) is 4.72 Å². The first-order chi connectivity index (χ1) is 7.99. The number of furan rings is 1. The molecule has 0 fully saturated rings. The SMILES string of the molecule is CC(C)c1nsc(NS(=O)(=O)c2ccoc2)n1. The molecule has 2 aromatic rings. The Hall–Kier alpha value is -1.41. The molecule has 0 saturated carbocycles. The van der Waals surface area contributed by atoms with Crippen LogP contribution in [0.3, 0.4) is 0 Å². The number of anilines is 1. The highest BCUT2D eigenvalue weighted by Gasteiger charge is 2.18. The predicted octanol–water partition coefficient (Wildman–Crippen LogP) is 2.06. The normalized spacial score (nSPS) is 11.9. The first-order valence-corrected chi connectivity index (χ1v) is 7.13. The molecule has 0 radical (unpaired) electrons. The van der Waals surface area contributed by atoms with Crippen LogP contribution in [0.1, 0.15) is 25.6 Å². The van der Waals surface area contributed by atoms with Crippen molar-refractivity contribution in [2.45, 2.75) is 24.7 Å². The van der Waals surface area contributed by atoms with Gasteiger partial charge in [-0.25, -0.2) is 13.4 Å². The molecule has 6 nitrogen and oxygen atoms in total. The van der Waals surface area contributed by atoms with Gasteiger partial charge in [0.15, 0.2) is 0 Å². The van der Waals surface area contributed by atoms with Crippen LogP contribution in [-0.4, -0.2) is 17.8 Å². The zero-order valence-electron chi connectivity index (χ0n) is 9.25. The second kappa shape index (κ2) is 4.46. The Labute approximate surface area is 103 Å². The summed E-state index contributed by atoms with van der Waals surface area (Å²) in [6.07, 6.45) is 2.46. The van der Waals surface area contributed by atoms with E-state index in [0.717, 1.165) is 17.8 Å². The molecule has 0 saturated heterocycles. The van der Waals surface area contributed by atoms with Gasteiger partial charge in [-0.1, -0.05) is 13.8 Å². The Bertz CT molecular complexity index is 587. The van der Waals surface area contributed by atoms with E-state index >= 15 is 0 Å². The van der Waals surface area contributed by atoms with Crippen molar-refractivity contribution in [3.05, 3.63) is 24.4 Å². The standard InChI is InChI=1S/C9H11N3O3S2/c1-6(2)8-10-9(16-11-8)12-17(13,14)7-3-4-15-5-7/h3-6H,1-2H3,(H,10,11,12). The summed E-state index contributed by atoms with van der Waals surface area (Å²) < 4.78 is 34.8. The molecule has 0 unspecified atom stereocenters. The van der Waals surface area contributed by atoms with Gasteiger partial charge in [0.1, 0.15) is 17.0 Å². The van der Waals surface area contributed by atoms with Crippen LogP contribution >= 0.6 is 11.5 Å². The van der Waals surface area contributed by atoms with Gasteiger partial charge in [0, 0.05) is 17.5 Å². The lowest BCUT2D eigenvalue weighted by Crippen LogP contribution is -2.11. The molecular formula is C9H11N3O3S2. The van der Waals surface area contributed by atoms with Crippen LogP contribution in [0.5, 0.6) is 0 Å². The highest BCUT2D eigenvalue weighted by atomic mass is 32.2. The molecule has 0 amide bonds. The summed E-state index contributed by atoms with van der Waals surface area (Å²) in [5.74, 6) is 0.790. The number of hydrogen-bond donors (Lipinski definition) is 1. The second-order valence-corrected chi connectivity index (χ2v) is 6.11. The minimum Gasteiger partial charge on any atom is -0.471 e. The van der Waals surface area contributed by atoms with Crippen molar-refractivity contribution >= 4 is 26.7 Å². The van der Waals surface area contributed by atoms with Gasteiger partial charge in [0.05, 0.1) is 6.26 Å². The topological polar surface area (TPSA) is 85.1 Å². The summed E-state index contributed by atoms with van der Waals surface area (Å²) in [5.41, 5.74) is 0. The van der Waals surface area contributed by atoms with Crippen molar-refractivity contribution in [2.24, 2.45) is 0 Å². The summed E-state index contributed by atoms with van der Waals surface area (Å²) in [4.78, 5) is 4.16. The minimum absolute atomic E-state index is 0.0683. The van der Waals surface area contributed by atoms with Crippen molar-refractivity contribution in [3.63, 3.8) is 0 Å². The summed E-state index contributed by atoms with van der Waals surface area (Å²) in [5, 5.41) is 0.259. The third kappa shape index (κ3) is 2.64. The van der Waals surface area contributed by atoms with Crippen LogP contribution in [0.2, 0.25) is 0 Å². The van der Waals surface area contributed by atoms with Gasteiger partial charge in [-0.3, -0.25) is 4.72 Å². The monoisotopic (exact) mass is 273 g/mol. The van der Waals surface area contributed by atoms with E-state index < -0.39 is 10.0 Å². The molecule has 2 rings (SSSR count). The fourth-order valence-electron chi connectivity index (χ4n) is 1.09. The molecule has 17 heavy (non-hydrogen) atoms. The van der Waals surface area contributed by atoms with E-state index in [9.17, 15) is 8.42 Å². The molecule has 1 N–H and O–H groups in total. The molecule has 0 bridgehead atoms. The van der Waals surface area contributed by atoms with Crippen LogP contribution in [-0.2, 0) is 10.0 Å². The second-order valence-electron chi connectivity index (χ2n) is 3.68. The molecule has 0 aliphatic heterocycles. The van der Waals surface area contributed by atoms with Gasteiger partial charge >= 0.3 is 0 Å². The maximum Gasteiger partial charge on any atom is 0.266 e. The summed E-state index contributed by atoms with van der Waals surface area (Å²) in [6.45, 7) is 3.88. The molecular weight excluding hydrogens is 262 g/mol. The quantitative estimate of drug-likeness (QED) is 0.921. The Morgan fingerprint density at radius 3 is 2.76 bits per heavy atom. The zero-order valence-corrected chi connectivity index (χ0v) is 10.9. The van der Waals surface area contributed by atoms with Gasteiger partial charge in [0.2, 0.25) is 5.13 Å². The van der Waals surface area contributed by atoms with E-state index in [2.05, 4.69) is 14.1 Å². The molecule has 2 aromatic heterocycles. The Morgan fingerprint density at radius 1 is 1.47 bits per heavy atom. The zero-order chi connectivity index (χ0) is 12.5. The summed E-state index contributed by atoms with van der Waals surface area (Å²) in [7, 11) is -3.62. The van der Waals surface area contributed by atoms with E-state index in [0.29, 0.717) is 5.82 Å². The van der Waals surface area contributed by atoms with Gasteiger partial charge < -0.3 is 4.42 Å². The summed E-state index contributed by atoms with van der Waals surface area (Å²) >= 11 is 1.02. The molecule has 0 spiro atoms. The smallest absolute Gasteiger partial charge is 0.266 e. The number of sulfonamides is 1. The van der Waals surface area contributed by atoms with Gasteiger partial charge in [-0.15, -0.1) is 0 Å². The molecule has 0 aliphatic rings. The lowest BCUT2D eigenvalue weighted by molar-refractivity contribution is 0.557. The van der Waals surface area contributed by atoms with Crippen molar-refractivity contribution in [1.29, 1.82) is 0 Å². The minimum atomic E-state index is -3.62. The van der Waals surface area contributed by atoms with E-state index in [1.54, 1.807) is 0 Å². The first kappa shape index (κ1) is 12.1. The number of nitrogens with zero attached hydrogens (tertiary/aromatic N) is 2. The molecule has 0 aromatic carbocycles. The van der Waals surface area contributed by atoms with Crippen LogP contribution in [0.25, 0.3) is 0 Å². The highest BCUT2D eigenvalue weighted by molar-refractivity contribution is 7.92. The summed E-state index contributed by atoms with van der Waals surface area (Å²) in [6, 6.07) is 1.37. The van der Waals surface area contributed by atoms with Crippen LogP contribution in [0.4, 0.5) is 5.13 Å². The molecule has 0 aliphatic carbocycles. The number of nitrogens with one attached hydrogen (secondary N) is 1. The third-order valence-corrected chi connectivity index (χ3v) is 4.07. The first-order valence-electron chi connectivity index (χ1n) is 4.87. The highest BCUT2D eigenvalue weighted by Crippen LogP contribution is 2.20. The third-order valence-electron chi connectivity index (χ3n) is 1.99. The van der Waals surface area contributed by atoms with E-state index in [4.69, 9.17) is 4.42 Å². The molecule has 2 heterocycles. The Balaban J connectivity index is 2.21. The average Bonchev–Trinajstić information content (AvgIpc) is 2.85. The predicted molar refractivity (Wildman–Crippen MR) is 63.5 cm³/mol. The lowest BCUT2D eigenvalue weighted by Gasteiger charge is -2.00. The number of aromatic nitrogens is 2. The number of rotatable bonds is 4. The molecule has 92 valence electrons. The van der Waals surface area contributed by atoms with Crippen LogP contribution in [0, 0.1) is 0 Å². The largest absolute Gasteiger partial charge is 0.471 e. The van der Waals surface area contributed by atoms with Crippen molar-refractivity contribution in [3.8, 4) is 0 Å². The lowest BCUT2D eigenvalue weighted by atomic mass is 10.2. The maximum atomic E-state index is 11.8. The van der Waals surface area contributed by atoms with E-state index in [-0.39, 0.29) is 15.9 Å². The van der Waals surface area contributed by atoms with Crippen molar-refractivity contribution < 1.29 is 12.8 Å². The van der Waals surface area contributed by atoms with E-state index in [1.807, 2.05) is 13.8 Å². The Morgan fingerprint density at radius 2 is 2.24 bits per heavy atom. The van der Waals surface area contributed by atoms with E-state index in [1.165, 1.54) is 12.3 Å². The van der Waals surface area contributed by atoms with Crippen LogP contribution in [0.15, 0.2) is 27.9 Å². The molecule has 0 atom stereocenters. The fraction of sp³-hybridized carbons (Fsp3) is 0.333. The Kier molecular flexibility index (Phi) is 3.16. The van der Waals surface area contributed by atoms with Gasteiger partial charge in [0.25, 0.3) is 10.0 Å². The van der Waals surface area contributed by atoms with Gasteiger partial charge in [-0.05, 0) is 6.07 Å². The number of hydrogen-bond acceptors (Lipinski definition) is 6.